The Hall–Kier alpha value is -2.63. The summed E-state index contributed by atoms with van der Waals surface area (Å²) in [7, 11) is -2.34. The molecular weight excluding hydrogens is 413 g/mol. The van der Waals surface area contributed by atoms with Gasteiger partial charge in [-0.15, -0.1) is 0 Å². The summed E-state index contributed by atoms with van der Waals surface area (Å²) in [6.45, 7) is -0.0973. The van der Waals surface area contributed by atoms with Crippen LogP contribution >= 0.6 is 0 Å². The molecule has 156 valence electrons. The van der Waals surface area contributed by atoms with Gasteiger partial charge in [0.25, 0.3) is 0 Å². The number of aliphatic hydroxyl groups is 1. The van der Waals surface area contributed by atoms with E-state index in [2.05, 4.69) is 14.7 Å². The number of halogens is 3. The zero-order valence-electron chi connectivity index (χ0n) is 15.1. The summed E-state index contributed by atoms with van der Waals surface area (Å²) in [5.41, 5.74) is 0.681. The van der Waals surface area contributed by atoms with Gasteiger partial charge < -0.3 is 14.7 Å². The molecule has 1 unspecified atom stereocenters. The Balaban J connectivity index is 1.70. The first kappa shape index (κ1) is 21.1. The highest BCUT2D eigenvalue weighted by molar-refractivity contribution is 7.89. The van der Waals surface area contributed by atoms with E-state index in [1.165, 1.54) is 43.5 Å². The molecule has 2 N–H and O–H groups in total. The van der Waals surface area contributed by atoms with Gasteiger partial charge in [0.15, 0.2) is 0 Å². The van der Waals surface area contributed by atoms with Crippen LogP contribution in [0.4, 0.5) is 13.2 Å². The van der Waals surface area contributed by atoms with Crippen molar-refractivity contribution in [3.8, 4) is 5.75 Å². The molecule has 1 aliphatic rings. The van der Waals surface area contributed by atoms with Crippen molar-refractivity contribution in [1.29, 1.82) is 0 Å². The topological polar surface area (TPSA) is 97.2 Å². The number of nitrogens with one attached hydrogen (secondary N) is 1. The Morgan fingerprint density at radius 1 is 1.24 bits per heavy atom. The third-order valence-electron chi connectivity index (χ3n) is 4.25. The second-order valence-electron chi connectivity index (χ2n) is 6.29. The molecule has 0 amide bonds. The Bertz CT molecular complexity index is 1020. The van der Waals surface area contributed by atoms with Crippen LogP contribution in [-0.4, -0.2) is 38.3 Å². The number of sulfonamides is 1. The van der Waals surface area contributed by atoms with E-state index in [0.29, 0.717) is 11.3 Å². The van der Waals surface area contributed by atoms with E-state index in [0.717, 1.165) is 0 Å². The monoisotopic (exact) mass is 430 g/mol. The zero-order valence-corrected chi connectivity index (χ0v) is 15.9. The molecule has 0 aliphatic carbocycles. The lowest BCUT2D eigenvalue weighted by atomic mass is 10.0. The van der Waals surface area contributed by atoms with Gasteiger partial charge in [-0.3, -0.25) is 0 Å². The van der Waals surface area contributed by atoms with E-state index in [1.807, 2.05) is 0 Å². The average molecular weight is 430 g/mol. The van der Waals surface area contributed by atoms with Crippen LogP contribution in [0, 0.1) is 0 Å². The first-order chi connectivity index (χ1) is 13.5. The third-order valence-corrected chi connectivity index (χ3v) is 5.67. The van der Waals surface area contributed by atoms with E-state index >= 15 is 0 Å². The smallest absolute Gasteiger partial charge is 0.458 e. The molecule has 0 fully saturated rings. The molecule has 1 atom stereocenters. The van der Waals surface area contributed by atoms with Crippen LogP contribution in [0.2, 0.25) is 0 Å². The van der Waals surface area contributed by atoms with Crippen LogP contribution < -0.4 is 9.46 Å². The highest BCUT2D eigenvalue weighted by atomic mass is 32.2. The van der Waals surface area contributed by atoms with Crippen molar-refractivity contribution >= 4 is 15.7 Å². The molecule has 0 saturated carbocycles. The molecule has 0 saturated heterocycles. The molecule has 0 aromatic heterocycles. The largest absolute Gasteiger partial charge is 0.497 e. The van der Waals surface area contributed by atoms with Crippen molar-refractivity contribution < 1.29 is 36.3 Å². The molecule has 11 heteroatoms. The number of hydrogen-bond donors (Lipinski definition) is 2. The maximum absolute atomic E-state index is 12.8. The van der Waals surface area contributed by atoms with Gasteiger partial charge in [0.1, 0.15) is 5.75 Å². The summed E-state index contributed by atoms with van der Waals surface area (Å²) >= 11 is 0. The molecule has 1 aliphatic heterocycles. The fraction of sp³-hybridized carbons (Fsp3) is 0.278. The van der Waals surface area contributed by atoms with Crippen molar-refractivity contribution in [3.63, 3.8) is 0 Å². The predicted octanol–water partition coefficient (Wildman–Crippen LogP) is 2.55. The number of ether oxygens (including phenoxy) is 1. The molecule has 0 spiro atoms. The van der Waals surface area contributed by atoms with Crippen LogP contribution in [0.15, 0.2) is 58.6 Å². The second-order valence-corrected chi connectivity index (χ2v) is 8.06. The lowest BCUT2D eigenvalue weighted by Crippen LogP contribution is -2.45. The van der Waals surface area contributed by atoms with Crippen LogP contribution in [-0.2, 0) is 21.4 Å². The molecular formula is C18H17F3N2O5S. The molecule has 0 radical (unpaired) electrons. The Morgan fingerprint density at radius 2 is 1.93 bits per heavy atom. The number of hydrogen-bond acceptors (Lipinski definition) is 6. The molecule has 29 heavy (non-hydrogen) atoms. The number of methoxy groups -OCH3 is 1. The quantitative estimate of drug-likeness (QED) is 0.734. The minimum atomic E-state index is -5.00. The lowest BCUT2D eigenvalue weighted by molar-refractivity contribution is -0.355. The summed E-state index contributed by atoms with van der Waals surface area (Å²) in [5, 5.41) is 12.9. The predicted molar refractivity (Wildman–Crippen MR) is 96.7 cm³/mol. The van der Waals surface area contributed by atoms with E-state index < -0.39 is 28.4 Å². The number of benzene rings is 2. The summed E-state index contributed by atoms with van der Waals surface area (Å²) in [6.07, 6.45) is -5.86. The van der Waals surface area contributed by atoms with Crippen molar-refractivity contribution in [2.75, 3.05) is 7.11 Å². The average Bonchev–Trinajstić information content (AvgIpc) is 3.10. The molecule has 2 aromatic carbocycles. The van der Waals surface area contributed by atoms with Crippen molar-refractivity contribution in [1.82, 2.24) is 4.72 Å². The summed E-state index contributed by atoms with van der Waals surface area (Å²) in [4.78, 5) is 4.24. The van der Waals surface area contributed by atoms with Crippen LogP contribution in [0.1, 0.15) is 17.5 Å². The van der Waals surface area contributed by atoms with Gasteiger partial charge in [0.2, 0.25) is 10.0 Å². The van der Waals surface area contributed by atoms with Crippen molar-refractivity contribution in [2.24, 2.45) is 5.16 Å². The minimum Gasteiger partial charge on any atom is -0.497 e. The summed E-state index contributed by atoms with van der Waals surface area (Å²) in [5.74, 6) is -2.86. The molecule has 3 rings (SSSR count). The van der Waals surface area contributed by atoms with Crippen LogP contribution in [0.25, 0.3) is 0 Å². The highest BCUT2D eigenvalue weighted by Crippen LogP contribution is 2.38. The van der Waals surface area contributed by atoms with Crippen molar-refractivity contribution in [3.05, 3.63) is 59.7 Å². The standard InChI is InChI=1S/C18H17F3N2O5S/c1-27-14-5-7-15(8-6-14)29(25,26)22-11-12-3-2-4-13(9-12)16-10-17(24,28-23-16)18(19,20)21/h2-9,22,24H,10-11H2,1H3. The maximum atomic E-state index is 12.8. The lowest BCUT2D eigenvalue weighted by Gasteiger charge is -2.22. The fourth-order valence-electron chi connectivity index (χ4n) is 2.61. The third kappa shape index (κ3) is 4.52. The van der Waals surface area contributed by atoms with Gasteiger partial charge in [0, 0.05) is 6.54 Å². The molecule has 1 heterocycles. The van der Waals surface area contributed by atoms with Gasteiger partial charge in [-0.25, -0.2) is 13.1 Å². The Kier molecular flexibility index (Phi) is 5.57. The fourth-order valence-corrected chi connectivity index (χ4v) is 3.62. The Labute approximate surface area is 164 Å². The van der Waals surface area contributed by atoms with Crippen LogP contribution in [0.5, 0.6) is 5.75 Å². The van der Waals surface area contributed by atoms with E-state index in [4.69, 9.17) is 4.74 Å². The first-order valence-corrected chi connectivity index (χ1v) is 9.79. The van der Waals surface area contributed by atoms with Gasteiger partial charge in [-0.05, 0) is 41.5 Å². The molecule has 2 aromatic rings. The first-order valence-electron chi connectivity index (χ1n) is 8.31. The molecule has 7 nitrogen and oxygen atoms in total. The minimum absolute atomic E-state index is 0.0401. The molecule has 0 bridgehead atoms. The van der Waals surface area contributed by atoms with E-state index in [1.54, 1.807) is 12.1 Å². The summed E-state index contributed by atoms with van der Waals surface area (Å²) in [6, 6.07) is 11.9. The Morgan fingerprint density at radius 3 is 2.52 bits per heavy atom. The highest BCUT2D eigenvalue weighted by Gasteiger charge is 2.60. The maximum Gasteiger partial charge on any atom is 0.458 e. The summed E-state index contributed by atoms with van der Waals surface area (Å²) < 4.78 is 70.7. The number of oxime groups is 1. The van der Waals surface area contributed by atoms with E-state index in [9.17, 15) is 26.7 Å². The van der Waals surface area contributed by atoms with Crippen LogP contribution in [0.3, 0.4) is 0 Å². The van der Waals surface area contributed by atoms with Crippen molar-refractivity contribution in [2.45, 2.75) is 29.8 Å². The van der Waals surface area contributed by atoms with E-state index in [-0.39, 0.29) is 22.7 Å². The van der Waals surface area contributed by atoms with Gasteiger partial charge in [-0.1, -0.05) is 23.4 Å². The van der Waals surface area contributed by atoms with Gasteiger partial charge in [0.05, 0.1) is 24.1 Å². The normalized spacial score (nSPS) is 19.6. The number of alkyl halides is 3. The SMILES string of the molecule is COc1ccc(S(=O)(=O)NCc2cccc(C3=NOC(O)(C(F)(F)F)C3)c2)cc1. The van der Waals surface area contributed by atoms with Gasteiger partial charge in [-0.2, -0.15) is 13.2 Å². The number of nitrogens with zero attached hydrogens (tertiary/aromatic N) is 1. The van der Waals surface area contributed by atoms with Gasteiger partial charge >= 0.3 is 12.0 Å². The second kappa shape index (κ2) is 7.65. The zero-order chi connectivity index (χ0) is 21.3. The number of rotatable bonds is 6.